The standard InChI is InChI=1S/C16H22N2O5S/c1-22-16(19)12-6-11-5-4-10(12)7-13(11)18-24(20,21)14-8-17-15(23-14)9-2-3-9/h8-13,18H,2-7H2,1H3/t10-,11-,12-,13-/m1/s1. The minimum atomic E-state index is -3.71. The average molecular weight is 354 g/mol. The van der Waals surface area contributed by atoms with Gasteiger partial charge < -0.3 is 9.15 Å². The molecule has 24 heavy (non-hydrogen) atoms. The number of rotatable bonds is 5. The second-order valence-corrected chi connectivity index (χ2v) is 8.86. The summed E-state index contributed by atoms with van der Waals surface area (Å²) in [6.07, 6.45) is 6.57. The predicted molar refractivity (Wildman–Crippen MR) is 83.5 cm³/mol. The summed E-state index contributed by atoms with van der Waals surface area (Å²) in [6.45, 7) is 0. The third-order valence-electron chi connectivity index (χ3n) is 5.66. The van der Waals surface area contributed by atoms with E-state index >= 15 is 0 Å². The highest BCUT2D eigenvalue weighted by Crippen LogP contribution is 2.46. The van der Waals surface area contributed by atoms with E-state index in [1.54, 1.807) is 0 Å². The molecule has 4 saturated carbocycles. The van der Waals surface area contributed by atoms with Gasteiger partial charge in [-0.25, -0.2) is 18.1 Å². The zero-order chi connectivity index (χ0) is 16.9. The highest BCUT2D eigenvalue weighted by Gasteiger charge is 2.46. The van der Waals surface area contributed by atoms with Crippen LogP contribution in [-0.4, -0.2) is 32.5 Å². The molecule has 4 fully saturated rings. The number of methoxy groups -OCH3 is 1. The van der Waals surface area contributed by atoms with Crippen LogP contribution in [-0.2, 0) is 19.6 Å². The van der Waals surface area contributed by atoms with Crippen LogP contribution >= 0.6 is 0 Å². The molecule has 0 saturated heterocycles. The van der Waals surface area contributed by atoms with E-state index in [2.05, 4.69) is 9.71 Å². The zero-order valence-corrected chi connectivity index (χ0v) is 14.4. The molecule has 4 aliphatic rings. The Balaban J connectivity index is 1.46. The van der Waals surface area contributed by atoms with Crippen molar-refractivity contribution in [1.29, 1.82) is 0 Å². The molecule has 2 bridgehead atoms. The summed E-state index contributed by atoms with van der Waals surface area (Å²) in [4.78, 5) is 15.9. The normalized spacial score (nSPS) is 32.7. The van der Waals surface area contributed by atoms with E-state index in [9.17, 15) is 13.2 Å². The Morgan fingerprint density at radius 2 is 2.00 bits per heavy atom. The van der Waals surface area contributed by atoms with E-state index < -0.39 is 10.0 Å². The maximum Gasteiger partial charge on any atom is 0.308 e. The number of esters is 1. The monoisotopic (exact) mass is 354 g/mol. The van der Waals surface area contributed by atoms with Gasteiger partial charge >= 0.3 is 5.97 Å². The van der Waals surface area contributed by atoms with Crippen LogP contribution in [0.5, 0.6) is 0 Å². The number of carbonyl (C=O) groups excluding carboxylic acids is 1. The Hall–Kier alpha value is -1.41. The van der Waals surface area contributed by atoms with Gasteiger partial charge in [0.05, 0.1) is 19.2 Å². The summed E-state index contributed by atoms with van der Waals surface area (Å²) in [7, 11) is -2.30. The van der Waals surface area contributed by atoms with Crippen LogP contribution in [0.25, 0.3) is 0 Å². The van der Waals surface area contributed by atoms with Gasteiger partial charge in [-0.3, -0.25) is 4.79 Å². The summed E-state index contributed by atoms with van der Waals surface area (Å²) in [5.41, 5.74) is 0. The van der Waals surface area contributed by atoms with Crippen LogP contribution in [0.1, 0.15) is 50.3 Å². The lowest BCUT2D eigenvalue weighted by molar-refractivity contribution is -0.151. The summed E-state index contributed by atoms with van der Waals surface area (Å²) in [5, 5.41) is -0.102. The van der Waals surface area contributed by atoms with Gasteiger partial charge in [0.1, 0.15) is 0 Å². The van der Waals surface area contributed by atoms with E-state index in [4.69, 9.17) is 9.15 Å². The van der Waals surface area contributed by atoms with Crippen molar-refractivity contribution in [2.45, 2.75) is 55.6 Å². The Kier molecular flexibility index (Phi) is 3.91. The molecule has 1 heterocycles. The number of hydrogen-bond donors (Lipinski definition) is 1. The van der Waals surface area contributed by atoms with Crippen molar-refractivity contribution < 1.29 is 22.4 Å². The highest BCUT2D eigenvalue weighted by molar-refractivity contribution is 7.89. The molecule has 4 atom stereocenters. The summed E-state index contributed by atoms with van der Waals surface area (Å²) < 4.78 is 38.2. The number of ether oxygens (including phenoxy) is 1. The number of hydrogen-bond acceptors (Lipinski definition) is 6. The highest BCUT2D eigenvalue weighted by atomic mass is 32.2. The van der Waals surface area contributed by atoms with Crippen LogP contribution in [0.15, 0.2) is 15.7 Å². The molecular formula is C16H22N2O5S. The topological polar surface area (TPSA) is 98.5 Å². The largest absolute Gasteiger partial charge is 0.469 e. The fourth-order valence-corrected chi connectivity index (χ4v) is 5.38. The Morgan fingerprint density at radius 3 is 2.62 bits per heavy atom. The Bertz CT molecular complexity index is 739. The second-order valence-electron chi connectivity index (χ2n) is 7.22. The van der Waals surface area contributed by atoms with Crippen LogP contribution in [0.3, 0.4) is 0 Å². The molecule has 0 aliphatic heterocycles. The van der Waals surface area contributed by atoms with Crippen LogP contribution < -0.4 is 4.72 Å². The molecule has 7 nitrogen and oxygen atoms in total. The number of oxazole rings is 1. The van der Waals surface area contributed by atoms with Gasteiger partial charge in [0, 0.05) is 12.0 Å². The first kappa shape index (κ1) is 16.1. The first-order valence-electron chi connectivity index (χ1n) is 8.54. The summed E-state index contributed by atoms with van der Waals surface area (Å²) in [5.74, 6) is 0.884. The van der Waals surface area contributed by atoms with E-state index in [0.717, 1.165) is 25.7 Å². The molecule has 1 aromatic heterocycles. The van der Waals surface area contributed by atoms with Crippen molar-refractivity contribution in [2.24, 2.45) is 17.8 Å². The summed E-state index contributed by atoms with van der Waals surface area (Å²) >= 11 is 0. The van der Waals surface area contributed by atoms with Gasteiger partial charge in [-0.2, -0.15) is 0 Å². The molecule has 1 aromatic rings. The van der Waals surface area contributed by atoms with Crippen LogP contribution in [0.2, 0.25) is 0 Å². The molecule has 0 spiro atoms. The van der Waals surface area contributed by atoms with E-state index in [1.165, 1.54) is 13.3 Å². The van der Waals surface area contributed by atoms with Gasteiger partial charge in [-0.05, 0) is 50.4 Å². The number of nitrogens with one attached hydrogen (secondary N) is 1. The third kappa shape index (κ3) is 2.86. The first-order chi connectivity index (χ1) is 11.5. The minimum absolute atomic E-state index is 0.0961. The Labute approximate surface area is 141 Å². The Morgan fingerprint density at radius 1 is 1.25 bits per heavy atom. The SMILES string of the molecule is COC(=O)[C@@H]1C[C@H]2CC[C@@H]1C[C@H]2NS(=O)(=O)c1cnc(C2CC2)o1. The van der Waals surface area contributed by atoms with Crippen LogP contribution in [0.4, 0.5) is 0 Å². The molecule has 132 valence electrons. The molecule has 0 radical (unpaired) electrons. The number of sulfonamides is 1. The lowest BCUT2D eigenvalue weighted by atomic mass is 9.62. The lowest BCUT2D eigenvalue weighted by Crippen LogP contribution is -2.51. The quantitative estimate of drug-likeness (QED) is 0.810. The van der Waals surface area contributed by atoms with Gasteiger partial charge in [-0.1, -0.05) is 0 Å². The molecule has 8 heteroatoms. The number of carbonyl (C=O) groups is 1. The van der Waals surface area contributed by atoms with Crippen molar-refractivity contribution in [2.75, 3.05) is 7.11 Å². The molecule has 5 rings (SSSR count). The fourth-order valence-electron chi connectivity index (χ4n) is 4.19. The molecular weight excluding hydrogens is 332 g/mol. The fraction of sp³-hybridized carbons (Fsp3) is 0.750. The zero-order valence-electron chi connectivity index (χ0n) is 13.6. The van der Waals surface area contributed by atoms with Gasteiger partial charge in [-0.15, -0.1) is 0 Å². The second kappa shape index (κ2) is 5.84. The average Bonchev–Trinajstić information content (AvgIpc) is 3.30. The van der Waals surface area contributed by atoms with Crippen molar-refractivity contribution in [1.82, 2.24) is 9.71 Å². The van der Waals surface area contributed by atoms with Crippen molar-refractivity contribution in [3.63, 3.8) is 0 Å². The molecule has 0 aromatic carbocycles. The van der Waals surface area contributed by atoms with Crippen molar-refractivity contribution in [3.8, 4) is 0 Å². The lowest BCUT2D eigenvalue weighted by Gasteiger charge is -2.45. The maximum atomic E-state index is 12.6. The maximum absolute atomic E-state index is 12.6. The van der Waals surface area contributed by atoms with Crippen LogP contribution in [0, 0.1) is 17.8 Å². The third-order valence-corrected chi connectivity index (χ3v) is 7.00. The molecule has 0 amide bonds. The number of aromatic nitrogens is 1. The summed E-state index contributed by atoms with van der Waals surface area (Å²) in [6, 6.07) is -0.149. The number of nitrogens with zero attached hydrogens (tertiary/aromatic N) is 1. The minimum Gasteiger partial charge on any atom is -0.469 e. The van der Waals surface area contributed by atoms with Gasteiger partial charge in [0.15, 0.2) is 5.89 Å². The molecule has 4 aliphatic carbocycles. The number of fused-ring (bicyclic) bond motifs is 3. The van der Waals surface area contributed by atoms with E-state index in [-0.39, 0.29) is 40.8 Å². The molecule has 0 unspecified atom stereocenters. The van der Waals surface area contributed by atoms with Gasteiger partial charge in [0.25, 0.3) is 15.1 Å². The smallest absolute Gasteiger partial charge is 0.308 e. The van der Waals surface area contributed by atoms with E-state index in [0.29, 0.717) is 18.7 Å². The molecule has 1 N–H and O–H groups in total. The predicted octanol–water partition coefficient (Wildman–Crippen LogP) is 1.81. The first-order valence-corrected chi connectivity index (χ1v) is 10.0. The van der Waals surface area contributed by atoms with Crippen molar-refractivity contribution >= 4 is 16.0 Å². The van der Waals surface area contributed by atoms with E-state index in [1.807, 2.05) is 0 Å². The van der Waals surface area contributed by atoms with Gasteiger partial charge in [0.2, 0.25) is 0 Å². The van der Waals surface area contributed by atoms with Crippen molar-refractivity contribution in [3.05, 3.63) is 12.1 Å².